The predicted octanol–water partition coefficient (Wildman–Crippen LogP) is 18.1. The fourth-order valence-corrected chi connectivity index (χ4v) is 14.8. The minimum absolute atomic E-state index is 0.00538. The number of aromatic nitrogens is 3. The summed E-state index contributed by atoms with van der Waals surface area (Å²) in [6.07, 6.45) is -4.61. The van der Waals surface area contributed by atoms with Gasteiger partial charge in [0.25, 0.3) is 16.7 Å². The lowest BCUT2D eigenvalue weighted by Crippen LogP contribution is -2.23. The minimum atomic E-state index is -4.61. The summed E-state index contributed by atoms with van der Waals surface area (Å²) in [5.74, 6) is -3.64. The van der Waals surface area contributed by atoms with Gasteiger partial charge in [-0.2, -0.15) is 13.2 Å². The van der Waals surface area contributed by atoms with E-state index in [2.05, 4.69) is 0 Å². The maximum atomic E-state index is 13.7. The Morgan fingerprint density at radius 1 is 0.435 bits per heavy atom. The molecule has 4 N–H and O–H groups in total. The van der Waals surface area contributed by atoms with E-state index in [9.17, 15) is 80.3 Å². The minimum Gasteiger partial charge on any atom is -0.505 e. The van der Waals surface area contributed by atoms with Crippen LogP contribution in [0.25, 0.3) is 65.6 Å². The average Bonchev–Trinajstić information content (AvgIpc) is 0.746. The van der Waals surface area contributed by atoms with E-state index in [-0.39, 0.29) is 72.8 Å². The molecule has 9 aromatic carbocycles. The van der Waals surface area contributed by atoms with E-state index in [0.717, 1.165) is 41.7 Å². The van der Waals surface area contributed by atoms with Gasteiger partial charge < -0.3 is 52.1 Å². The molecule has 0 aliphatic rings. The molecule has 0 aliphatic carbocycles. The van der Waals surface area contributed by atoms with Gasteiger partial charge in [0.05, 0.1) is 54.4 Å². The summed E-state index contributed by atoms with van der Waals surface area (Å²) in [5, 5.41) is 44.0. The highest BCUT2D eigenvalue weighted by Crippen LogP contribution is 2.43. The third-order valence-corrected chi connectivity index (χ3v) is 20.6. The van der Waals surface area contributed by atoms with Crippen LogP contribution >= 0.6 is 70.1 Å². The van der Waals surface area contributed by atoms with Gasteiger partial charge in [-0.05, 0) is 162 Å². The van der Waals surface area contributed by atoms with Crippen molar-refractivity contribution in [1.82, 2.24) is 13.7 Å². The van der Waals surface area contributed by atoms with E-state index in [1.807, 2.05) is 0 Å². The fourth-order valence-electron chi connectivity index (χ4n) is 11.7. The number of pyridine rings is 3. The highest BCUT2D eigenvalue weighted by molar-refractivity contribution is 8.00. The molecule has 0 saturated carbocycles. The Balaban J connectivity index is 0.000000143. The third-order valence-electron chi connectivity index (χ3n) is 16.7. The van der Waals surface area contributed by atoms with E-state index in [1.165, 1.54) is 124 Å². The molecule has 108 heavy (non-hydrogen) atoms. The predicted molar refractivity (Wildman–Crippen MR) is 399 cm³/mol. The lowest BCUT2D eigenvalue weighted by atomic mass is 10.1. The molecule has 0 radical (unpaired) electrons. The Morgan fingerprint density at radius 3 is 1.09 bits per heavy atom. The molecule has 544 valence electrons. The maximum Gasteiger partial charge on any atom is 0.416 e. The number of carboxylic acid groups (broad SMARTS) is 1. The number of ether oxygens (including phenoxy) is 1. The second kappa shape index (κ2) is 30.7. The number of halogens is 9. The summed E-state index contributed by atoms with van der Waals surface area (Å²) in [4.78, 5) is 91.0. The van der Waals surface area contributed by atoms with Crippen LogP contribution in [0.3, 0.4) is 0 Å². The molecule has 15 aromatic rings. The van der Waals surface area contributed by atoms with Crippen molar-refractivity contribution >= 4 is 142 Å². The molecule has 0 amide bonds. The number of alkyl halides is 3. The van der Waals surface area contributed by atoms with Crippen LogP contribution in [0.4, 0.5) is 26.3 Å². The molecule has 0 atom stereocenters. The van der Waals surface area contributed by atoms with Gasteiger partial charge in [0.1, 0.15) is 54.0 Å². The van der Waals surface area contributed by atoms with Crippen LogP contribution in [-0.4, -0.2) is 47.2 Å². The second-order valence-corrected chi connectivity index (χ2v) is 28.3. The molecule has 0 fully saturated rings. The van der Waals surface area contributed by atoms with Crippen molar-refractivity contribution in [2.45, 2.75) is 55.2 Å². The zero-order valence-electron chi connectivity index (χ0n) is 54.9. The standard InChI is InChI=1S/C26H14ClF4NO4S.C26H15ClFNO6S.C26H17ClFNO5S/c27-15-6-9-18-19(11-15)32(12-13-4-7-16(28)8-5-13)24(34)20-21(33)23(25(35)36-22(18)20)37-17-3-1-2-14(10-17)26(29,30)31;27-15-6-9-18-19(11-15)29(12-13-4-7-16(28)8-5-13)24(31)20-21(30)23(26(34)35-22(18)20)36-17-3-1-2-14(10-17)25(32)33;1-33-17-3-2-4-18(12-17)35-24-22(30)21-23(34-26(24)32)19-10-7-15(27)11-20(19)29(25(21)31)13-14-5-8-16(28)9-6-14/h1-11,33H,12H2;1-11,30H,12H2,(H,32,33);2-12,30H,13H2,1H3. The first-order valence-corrected chi connectivity index (χ1v) is 35.2. The monoisotopic (exact) mass is 1580 g/mol. The van der Waals surface area contributed by atoms with Crippen LogP contribution in [0, 0.1) is 17.5 Å². The zero-order chi connectivity index (χ0) is 76.7. The van der Waals surface area contributed by atoms with Gasteiger partial charge in [-0.1, -0.05) is 125 Å². The number of carbonyl (C=O) groups is 1. The summed E-state index contributed by atoms with van der Waals surface area (Å²) < 4.78 is 105. The van der Waals surface area contributed by atoms with Crippen LogP contribution in [0.5, 0.6) is 23.0 Å². The number of aromatic hydroxyl groups is 3. The Morgan fingerprint density at radius 2 is 0.759 bits per heavy atom. The first-order chi connectivity index (χ1) is 51.6. The molecule has 6 heterocycles. The van der Waals surface area contributed by atoms with E-state index in [4.69, 9.17) is 52.8 Å². The van der Waals surface area contributed by atoms with E-state index < -0.39 is 90.9 Å². The number of nitrogens with zero attached hydrogens (tertiary/aromatic N) is 3. The molecule has 0 aliphatic heterocycles. The fraction of sp³-hybridized carbons (Fsp3) is 0.0641. The van der Waals surface area contributed by atoms with Gasteiger partial charge in [0.15, 0.2) is 34.0 Å². The summed E-state index contributed by atoms with van der Waals surface area (Å²) in [7, 11) is 1.52. The smallest absolute Gasteiger partial charge is 0.416 e. The van der Waals surface area contributed by atoms with Gasteiger partial charge in [-0.25, -0.2) is 32.3 Å². The Labute approximate surface area is 629 Å². The van der Waals surface area contributed by atoms with Crippen molar-refractivity contribution in [3.8, 4) is 23.0 Å². The van der Waals surface area contributed by atoms with Gasteiger partial charge in [-0.15, -0.1) is 0 Å². The van der Waals surface area contributed by atoms with Crippen molar-refractivity contribution < 1.29 is 69.6 Å². The highest BCUT2D eigenvalue weighted by Gasteiger charge is 2.32. The number of methoxy groups -OCH3 is 1. The van der Waals surface area contributed by atoms with E-state index >= 15 is 0 Å². The van der Waals surface area contributed by atoms with Gasteiger partial charge in [0.2, 0.25) is 0 Å². The largest absolute Gasteiger partial charge is 0.505 e. The number of hydrogen-bond donors (Lipinski definition) is 4. The molecule has 6 aromatic heterocycles. The first-order valence-electron chi connectivity index (χ1n) is 31.6. The summed E-state index contributed by atoms with van der Waals surface area (Å²) in [6, 6.07) is 47.7. The summed E-state index contributed by atoms with van der Waals surface area (Å²) in [6.45, 7) is 0.0942. The number of aromatic carboxylic acids is 1. The number of benzene rings is 9. The van der Waals surface area contributed by atoms with Crippen molar-refractivity contribution in [3.63, 3.8) is 0 Å². The topological polar surface area (TPSA) is 264 Å². The van der Waals surface area contributed by atoms with Crippen molar-refractivity contribution in [2.24, 2.45) is 0 Å². The lowest BCUT2D eigenvalue weighted by Gasteiger charge is -2.15. The molecular formula is C78H46Cl3F6N3O15S3. The molecule has 30 heteroatoms. The van der Waals surface area contributed by atoms with Crippen LogP contribution < -0.4 is 38.3 Å². The number of rotatable bonds is 14. The molecular weight excluding hydrogens is 1540 g/mol. The highest BCUT2D eigenvalue weighted by atomic mass is 35.5. The van der Waals surface area contributed by atoms with Crippen molar-refractivity contribution in [3.05, 3.63) is 323 Å². The van der Waals surface area contributed by atoms with Crippen molar-refractivity contribution in [1.29, 1.82) is 0 Å². The molecule has 18 nitrogen and oxygen atoms in total. The quantitative estimate of drug-likeness (QED) is 0.0582. The van der Waals surface area contributed by atoms with E-state index in [0.29, 0.717) is 91.8 Å². The molecule has 15 rings (SSSR count). The normalized spacial score (nSPS) is 11.5. The number of hydrogen-bond acceptors (Lipinski definition) is 17. The van der Waals surface area contributed by atoms with Crippen LogP contribution in [0.1, 0.15) is 32.6 Å². The third kappa shape index (κ3) is 15.4. The van der Waals surface area contributed by atoms with Crippen LogP contribution in [0.15, 0.2) is 272 Å². The van der Waals surface area contributed by atoms with Gasteiger partial charge in [0, 0.05) is 45.9 Å². The maximum absolute atomic E-state index is 13.7. The molecule has 0 saturated heterocycles. The Kier molecular flexibility index (Phi) is 21.2. The van der Waals surface area contributed by atoms with Gasteiger partial charge >= 0.3 is 29.0 Å². The summed E-state index contributed by atoms with van der Waals surface area (Å²) in [5.41, 5.74) is -3.00. The molecule has 0 bridgehead atoms. The van der Waals surface area contributed by atoms with E-state index in [1.54, 1.807) is 78.9 Å². The van der Waals surface area contributed by atoms with Crippen LogP contribution in [0.2, 0.25) is 15.1 Å². The van der Waals surface area contributed by atoms with Gasteiger partial charge in [-0.3, -0.25) is 14.4 Å². The number of fused-ring (bicyclic) bond motifs is 9. The zero-order valence-corrected chi connectivity index (χ0v) is 59.6. The number of carboxylic acids is 1. The van der Waals surface area contributed by atoms with Crippen molar-refractivity contribution in [2.75, 3.05) is 7.11 Å². The average molecular weight is 1580 g/mol. The molecule has 0 unspecified atom stereocenters. The molecule has 0 spiro atoms. The van der Waals surface area contributed by atoms with Crippen LogP contribution in [-0.2, 0) is 25.8 Å². The Bertz CT molecular complexity index is 6560. The second-order valence-electron chi connectivity index (χ2n) is 23.7. The first kappa shape index (κ1) is 74.7. The summed E-state index contributed by atoms with van der Waals surface area (Å²) >= 11 is 20.8. The Hall–Kier alpha value is -11.6. The SMILES string of the molecule is COc1cccc(Sc2c(O)c3c(=O)n(Cc4ccc(F)cc4)c4cc(Cl)ccc4c3oc2=O)c1.O=C(O)c1cccc(Sc2c(O)c3c(=O)n(Cc4ccc(F)cc4)c4cc(Cl)ccc4c3oc2=O)c1.O=c1oc2c(c(O)c1Sc1cccc(C(F)(F)F)c1)c(=O)n(Cc1ccc(F)cc1)c1cc(Cl)ccc21. The lowest BCUT2D eigenvalue weighted by molar-refractivity contribution is -0.137.